The molecule has 0 aliphatic carbocycles. The Morgan fingerprint density at radius 3 is 2.38 bits per heavy atom. The third-order valence-electron chi connectivity index (χ3n) is 1.52. The van der Waals surface area contributed by atoms with E-state index in [0.29, 0.717) is 0 Å². The van der Waals surface area contributed by atoms with E-state index < -0.39 is 18.3 Å². The molecule has 1 N–H and O–H groups in total. The predicted molar refractivity (Wildman–Crippen MR) is 45.1 cm³/mol. The molecule has 0 aromatic heterocycles. The van der Waals surface area contributed by atoms with Crippen molar-refractivity contribution in [1.82, 2.24) is 0 Å². The highest BCUT2D eigenvalue weighted by Crippen LogP contribution is 2.24. The molecular formula is C8H6BrF3O. The van der Waals surface area contributed by atoms with Gasteiger partial charge in [0, 0.05) is 0 Å². The van der Waals surface area contributed by atoms with Crippen LogP contribution >= 0.6 is 15.9 Å². The third kappa shape index (κ3) is 2.45. The molecule has 0 amide bonds. The Hall–Kier alpha value is -0.550. The van der Waals surface area contributed by atoms with Crippen LogP contribution in [0.4, 0.5) is 13.2 Å². The Bertz CT molecular complexity index is 303. The van der Waals surface area contributed by atoms with E-state index in [9.17, 15) is 13.2 Å². The quantitative estimate of drug-likeness (QED) is 0.861. The van der Waals surface area contributed by atoms with Crippen molar-refractivity contribution in [1.29, 1.82) is 0 Å². The average Bonchev–Trinajstić information content (AvgIpc) is 2.08. The topological polar surface area (TPSA) is 20.2 Å². The van der Waals surface area contributed by atoms with Gasteiger partial charge >= 0.3 is 0 Å². The molecule has 0 spiro atoms. The molecule has 0 unspecified atom stereocenters. The zero-order valence-electron chi connectivity index (χ0n) is 6.35. The smallest absolute Gasteiger partial charge is 0.268 e. The van der Waals surface area contributed by atoms with Crippen molar-refractivity contribution in [3.05, 3.63) is 34.1 Å². The van der Waals surface area contributed by atoms with E-state index in [0.717, 1.165) is 18.2 Å². The molecular weight excluding hydrogens is 249 g/mol. The van der Waals surface area contributed by atoms with Crippen LogP contribution in [0.5, 0.6) is 0 Å². The molecule has 0 saturated carbocycles. The van der Waals surface area contributed by atoms with E-state index in [1.165, 1.54) is 0 Å². The van der Waals surface area contributed by atoms with Gasteiger partial charge in [-0.15, -0.1) is 0 Å². The minimum absolute atomic E-state index is 0.0109. The van der Waals surface area contributed by atoms with Gasteiger partial charge in [-0.2, -0.15) is 0 Å². The molecule has 1 aromatic rings. The fourth-order valence-electron chi connectivity index (χ4n) is 0.842. The van der Waals surface area contributed by atoms with Gasteiger partial charge in [-0.1, -0.05) is 6.07 Å². The van der Waals surface area contributed by atoms with Gasteiger partial charge in [0.25, 0.3) is 6.43 Å². The summed E-state index contributed by atoms with van der Waals surface area (Å²) in [6.45, 7) is 0. The fourth-order valence-corrected chi connectivity index (χ4v) is 1.24. The number of rotatable bonds is 2. The number of benzene rings is 1. The highest BCUT2D eigenvalue weighted by Gasteiger charge is 2.19. The van der Waals surface area contributed by atoms with E-state index in [4.69, 9.17) is 5.11 Å². The zero-order valence-corrected chi connectivity index (χ0v) is 7.93. The van der Waals surface area contributed by atoms with Gasteiger partial charge in [0.2, 0.25) is 0 Å². The molecule has 1 aromatic carbocycles. The van der Waals surface area contributed by atoms with Crippen molar-refractivity contribution < 1.29 is 18.3 Å². The normalized spacial score (nSPS) is 13.4. The molecule has 0 bridgehead atoms. The van der Waals surface area contributed by atoms with Gasteiger partial charge in [0.05, 0.1) is 4.47 Å². The van der Waals surface area contributed by atoms with Crippen LogP contribution < -0.4 is 0 Å². The lowest BCUT2D eigenvalue weighted by atomic mass is 10.1. The van der Waals surface area contributed by atoms with Crippen LogP contribution in [-0.2, 0) is 0 Å². The first-order valence-electron chi connectivity index (χ1n) is 3.43. The highest BCUT2D eigenvalue weighted by atomic mass is 79.9. The van der Waals surface area contributed by atoms with Crippen molar-refractivity contribution >= 4 is 15.9 Å². The molecule has 72 valence electrons. The lowest BCUT2D eigenvalue weighted by Crippen LogP contribution is -2.07. The average molecular weight is 255 g/mol. The summed E-state index contributed by atoms with van der Waals surface area (Å²) in [4.78, 5) is 0. The van der Waals surface area contributed by atoms with Crippen LogP contribution in [0.1, 0.15) is 11.7 Å². The van der Waals surface area contributed by atoms with Crippen LogP contribution in [0, 0.1) is 5.82 Å². The third-order valence-corrected chi connectivity index (χ3v) is 2.13. The number of aliphatic hydroxyl groups excluding tert-OH is 1. The molecule has 0 saturated heterocycles. The van der Waals surface area contributed by atoms with Crippen LogP contribution in [0.25, 0.3) is 0 Å². The molecule has 0 aliphatic heterocycles. The number of hydrogen-bond acceptors (Lipinski definition) is 1. The maximum Gasteiger partial charge on any atom is 0.268 e. The molecule has 1 nitrogen and oxygen atoms in total. The van der Waals surface area contributed by atoms with Gasteiger partial charge in [-0.3, -0.25) is 0 Å². The van der Waals surface area contributed by atoms with Crippen LogP contribution in [0.3, 0.4) is 0 Å². The summed E-state index contributed by atoms with van der Waals surface area (Å²) in [5, 5.41) is 8.92. The monoisotopic (exact) mass is 254 g/mol. The Labute approximate surface area is 81.3 Å². The summed E-state index contributed by atoms with van der Waals surface area (Å²) in [5.74, 6) is -0.551. The number of alkyl halides is 2. The van der Waals surface area contributed by atoms with Crippen LogP contribution in [0.15, 0.2) is 22.7 Å². The Morgan fingerprint density at radius 1 is 1.31 bits per heavy atom. The highest BCUT2D eigenvalue weighted by molar-refractivity contribution is 9.10. The SMILES string of the molecule is O[C@@H](c1ccc(F)c(Br)c1)C(F)F. The summed E-state index contributed by atoms with van der Waals surface area (Å²) in [7, 11) is 0. The van der Waals surface area contributed by atoms with Crippen molar-refractivity contribution in [2.24, 2.45) is 0 Å². The summed E-state index contributed by atoms with van der Waals surface area (Å²) in [6.07, 6.45) is -4.73. The van der Waals surface area contributed by atoms with Crippen LogP contribution in [0.2, 0.25) is 0 Å². The van der Waals surface area contributed by atoms with Gasteiger partial charge in [0.15, 0.2) is 0 Å². The van der Waals surface area contributed by atoms with Crippen molar-refractivity contribution in [3.63, 3.8) is 0 Å². The lowest BCUT2D eigenvalue weighted by molar-refractivity contribution is -0.00584. The molecule has 13 heavy (non-hydrogen) atoms. The van der Waals surface area contributed by atoms with E-state index in [-0.39, 0.29) is 10.0 Å². The molecule has 0 heterocycles. The lowest BCUT2D eigenvalue weighted by Gasteiger charge is -2.09. The summed E-state index contributed by atoms with van der Waals surface area (Å²) in [6, 6.07) is 3.27. The van der Waals surface area contributed by atoms with E-state index in [1.54, 1.807) is 0 Å². The minimum Gasteiger partial charge on any atom is -0.382 e. The van der Waals surface area contributed by atoms with E-state index in [2.05, 4.69) is 15.9 Å². The Kier molecular flexibility index (Phi) is 3.33. The summed E-state index contributed by atoms with van der Waals surface area (Å²) >= 11 is 2.83. The maximum absolute atomic E-state index is 12.6. The number of hydrogen-bond donors (Lipinski definition) is 1. The molecule has 0 radical (unpaired) electrons. The molecule has 0 fully saturated rings. The standard InChI is InChI=1S/C8H6BrF3O/c9-5-3-4(1-2-6(5)10)7(13)8(11)12/h1-3,7-8,13H/t7-/m0/s1. The van der Waals surface area contributed by atoms with Crippen LogP contribution in [-0.4, -0.2) is 11.5 Å². The maximum atomic E-state index is 12.6. The first-order valence-corrected chi connectivity index (χ1v) is 4.23. The van der Waals surface area contributed by atoms with Crippen molar-refractivity contribution in [2.45, 2.75) is 12.5 Å². The minimum atomic E-state index is -2.86. The first-order chi connectivity index (χ1) is 6.02. The fraction of sp³-hybridized carbons (Fsp3) is 0.250. The molecule has 1 rings (SSSR count). The molecule has 0 aliphatic rings. The Balaban J connectivity index is 2.97. The number of halogens is 4. The van der Waals surface area contributed by atoms with E-state index >= 15 is 0 Å². The van der Waals surface area contributed by atoms with Crippen molar-refractivity contribution in [3.8, 4) is 0 Å². The first kappa shape index (κ1) is 10.5. The predicted octanol–water partition coefficient (Wildman–Crippen LogP) is 2.89. The van der Waals surface area contributed by atoms with Gasteiger partial charge in [-0.25, -0.2) is 13.2 Å². The van der Waals surface area contributed by atoms with E-state index in [1.807, 2.05) is 0 Å². The largest absolute Gasteiger partial charge is 0.382 e. The second-order valence-electron chi connectivity index (χ2n) is 2.45. The molecule has 5 heteroatoms. The number of aliphatic hydroxyl groups is 1. The van der Waals surface area contributed by atoms with Crippen molar-refractivity contribution in [2.75, 3.05) is 0 Å². The summed E-state index contributed by atoms with van der Waals surface area (Å²) < 4.78 is 36.7. The second-order valence-corrected chi connectivity index (χ2v) is 3.31. The van der Waals surface area contributed by atoms with Gasteiger partial charge in [0.1, 0.15) is 11.9 Å². The Morgan fingerprint density at radius 2 is 1.92 bits per heavy atom. The van der Waals surface area contributed by atoms with Gasteiger partial charge < -0.3 is 5.11 Å². The molecule has 1 atom stereocenters. The zero-order chi connectivity index (χ0) is 10.0. The van der Waals surface area contributed by atoms with Gasteiger partial charge in [-0.05, 0) is 33.6 Å². The summed E-state index contributed by atoms with van der Waals surface area (Å²) in [5.41, 5.74) is -0.0109. The second kappa shape index (κ2) is 4.11.